The van der Waals surface area contributed by atoms with Gasteiger partial charge in [-0.05, 0) is 68.4 Å². The van der Waals surface area contributed by atoms with Crippen LogP contribution in [0.5, 0.6) is 5.75 Å². The van der Waals surface area contributed by atoms with Gasteiger partial charge in [0.2, 0.25) is 0 Å². The van der Waals surface area contributed by atoms with Crippen molar-refractivity contribution in [3.8, 4) is 22.6 Å². The molecule has 7 nitrogen and oxygen atoms in total. The van der Waals surface area contributed by atoms with Crippen molar-refractivity contribution in [1.82, 2.24) is 9.47 Å². The molecule has 7 heteroatoms. The molecule has 1 aromatic heterocycles. The molecule has 3 aromatic carbocycles. The average molecular weight is 508 g/mol. The molecule has 0 spiro atoms. The summed E-state index contributed by atoms with van der Waals surface area (Å²) in [6, 6.07) is 27.2. The van der Waals surface area contributed by atoms with Gasteiger partial charge in [0.05, 0.1) is 18.0 Å². The molecule has 38 heavy (non-hydrogen) atoms. The fraction of sp³-hybridized carbons (Fsp3) is 0.258. The molecular weight excluding hydrogens is 474 g/mol. The first-order valence-electron chi connectivity index (χ1n) is 13.0. The zero-order valence-corrected chi connectivity index (χ0v) is 22.2. The van der Waals surface area contributed by atoms with E-state index in [9.17, 15) is 4.79 Å². The Morgan fingerprint density at radius 2 is 1.58 bits per heavy atom. The van der Waals surface area contributed by atoms with Gasteiger partial charge in [-0.1, -0.05) is 42.5 Å². The SMILES string of the molecule is CCOc1ccc(-c2cc(=O)n(-c3ccccc3)c(N3CCN(C)CC3)c2N=Nc2cccc(C)c2)cc1. The molecule has 0 atom stereocenters. The third kappa shape index (κ3) is 5.53. The van der Waals surface area contributed by atoms with Crippen LogP contribution in [-0.2, 0) is 0 Å². The van der Waals surface area contributed by atoms with Crippen molar-refractivity contribution >= 4 is 17.2 Å². The predicted octanol–water partition coefficient (Wildman–Crippen LogP) is 6.38. The smallest absolute Gasteiger partial charge is 0.257 e. The molecule has 0 radical (unpaired) electrons. The number of hydrogen-bond donors (Lipinski definition) is 0. The highest BCUT2D eigenvalue weighted by atomic mass is 16.5. The molecule has 0 saturated carbocycles. The number of pyridine rings is 1. The van der Waals surface area contributed by atoms with Crippen molar-refractivity contribution in [3.63, 3.8) is 0 Å². The van der Waals surface area contributed by atoms with Gasteiger partial charge >= 0.3 is 0 Å². The molecule has 1 aliphatic rings. The fourth-order valence-electron chi connectivity index (χ4n) is 4.74. The van der Waals surface area contributed by atoms with Crippen LogP contribution in [0, 0.1) is 6.92 Å². The Balaban J connectivity index is 1.76. The Labute approximate surface area is 223 Å². The quantitative estimate of drug-likeness (QED) is 0.272. The van der Waals surface area contributed by atoms with Gasteiger partial charge in [0.25, 0.3) is 5.56 Å². The third-order valence-electron chi connectivity index (χ3n) is 6.73. The molecule has 1 saturated heterocycles. The Kier molecular flexibility index (Phi) is 7.65. The number of anilines is 1. The lowest BCUT2D eigenvalue weighted by atomic mass is 10.0. The van der Waals surface area contributed by atoms with E-state index in [1.807, 2.05) is 92.7 Å². The minimum absolute atomic E-state index is 0.108. The van der Waals surface area contributed by atoms with Crippen molar-refractivity contribution < 1.29 is 4.74 Å². The number of aryl methyl sites for hydroxylation is 1. The molecule has 0 aliphatic carbocycles. The number of likely N-dealkylation sites (N-methyl/N-ethyl adjacent to an activating group) is 1. The van der Waals surface area contributed by atoms with Crippen LogP contribution in [0.4, 0.5) is 17.2 Å². The van der Waals surface area contributed by atoms with E-state index in [1.165, 1.54) is 0 Å². The zero-order chi connectivity index (χ0) is 26.5. The van der Waals surface area contributed by atoms with Crippen LogP contribution in [0.3, 0.4) is 0 Å². The Hall–Kier alpha value is -4.23. The van der Waals surface area contributed by atoms with E-state index in [0.29, 0.717) is 12.3 Å². The molecule has 2 heterocycles. The maximum absolute atomic E-state index is 13.8. The number of aromatic nitrogens is 1. The number of nitrogens with zero attached hydrogens (tertiary/aromatic N) is 5. The topological polar surface area (TPSA) is 62.4 Å². The van der Waals surface area contributed by atoms with E-state index in [0.717, 1.165) is 65.8 Å². The highest BCUT2D eigenvalue weighted by molar-refractivity contribution is 5.84. The van der Waals surface area contributed by atoms with E-state index in [1.54, 1.807) is 10.6 Å². The Bertz CT molecular complexity index is 1470. The van der Waals surface area contributed by atoms with Crippen LogP contribution in [0.1, 0.15) is 12.5 Å². The van der Waals surface area contributed by atoms with Crippen molar-refractivity contribution in [2.45, 2.75) is 13.8 Å². The van der Waals surface area contributed by atoms with Gasteiger partial charge in [-0.25, -0.2) is 0 Å². The van der Waals surface area contributed by atoms with Gasteiger partial charge in [0.15, 0.2) is 0 Å². The molecule has 0 N–H and O–H groups in total. The van der Waals surface area contributed by atoms with Crippen molar-refractivity contribution in [1.29, 1.82) is 0 Å². The lowest BCUT2D eigenvalue weighted by Gasteiger charge is -2.36. The van der Waals surface area contributed by atoms with E-state index < -0.39 is 0 Å². The number of azo groups is 1. The van der Waals surface area contributed by atoms with Crippen LogP contribution in [0.25, 0.3) is 16.8 Å². The lowest BCUT2D eigenvalue weighted by molar-refractivity contribution is 0.311. The van der Waals surface area contributed by atoms with Crippen LogP contribution >= 0.6 is 0 Å². The maximum atomic E-state index is 13.8. The summed E-state index contributed by atoms with van der Waals surface area (Å²) in [6.07, 6.45) is 0. The van der Waals surface area contributed by atoms with E-state index in [4.69, 9.17) is 9.85 Å². The second-order valence-electron chi connectivity index (χ2n) is 9.53. The highest BCUT2D eigenvalue weighted by Gasteiger charge is 2.25. The Morgan fingerprint density at radius 3 is 2.26 bits per heavy atom. The van der Waals surface area contributed by atoms with E-state index in [2.05, 4.69) is 22.0 Å². The van der Waals surface area contributed by atoms with Crippen LogP contribution in [0.2, 0.25) is 0 Å². The molecule has 194 valence electrons. The highest BCUT2D eigenvalue weighted by Crippen LogP contribution is 2.40. The number of benzene rings is 3. The molecule has 0 amide bonds. The summed E-state index contributed by atoms with van der Waals surface area (Å²) in [4.78, 5) is 18.4. The molecule has 1 aliphatic heterocycles. The summed E-state index contributed by atoms with van der Waals surface area (Å²) in [7, 11) is 2.12. The number of ether oxygens (including phenoxy) is 1. The largest absolute Gasteiger partial charge is 0.494 e. The van der Waals surface area contributed by atoms with Gasteiger partial charge in [0, 0.05) is 37.8 Å². The van der Waals surface area contributed by atoms with Gasteiger partial charge in [-0.15, -0.1) is 5.11 Å². The summed E-state index contributed by atoms with van der Waals surface area (Å²) in [5.74, 6) is 1.55. The standard InChI is InChI=1S/C31H33N5O2/c1-4-38-27-15-13-24(14-16-27)28-22-29(37)36(26-11-6-5-7-12-26)31(35-19-17-34(3)18-20-35)30(28)33-32-25-10-8-9-23(2)21-25/h5-16,21-22H,4,17-20H2,1-3H3. The number of piperazine rings is 1. The minimum Gasteiger partial charge on any atom is -0.494 e. The van der Waals surface area contributed by atoms with Gasteiger partial charge < -0.3 is 14.5 Å². The molecule has 0 unspecified atom stereocenters. The van der Waals surface area contributed by atoms with Gasteiger partial charge in [0.1, 0.15) is 17.3 Å². The summed E-state index contributed by atoms with van der Waals surface area (Å²) in [6.45, 7) is 7.94. The minimum atomic E-state index is -0.108. The first-order chi connectivity index (χ1) is 18.5. The van der Waals surface area contributed by atoms with Gasteiger partial charge in [-0.3, -0.25) is 9.36 Å². The van der Waals surface area contributed by atoms with Gasteiger partial charge in [-0.2, -0.15) is 5.11 Å². The van der Waals surface area contributed by atoms with Crippen molar-refractivity contribution in [3.05, 3.63) is 101 Å². The number of para-hydroxylation sites is 1. The number of hydrogen-bond acceptors (Lipinski definition) is 6. The first-order valence-corrected chi connectivity index (χ1v) is 13.0. The molecule has 5 rings (SSSR count). The third-order valence-corrected chi connectivity index (χ3v) is 6.73. The van der Waals surface area contributed by atoms with E-state index >= 15 is 0 Å². The zero-order valence-electron chi connectivity index (χ0n) is 22.2. The van der Waals surface area contributed by atoms with Crippen molar-refractivity contribution in [2.75, 3.05) is 44.7 Å². The monoisotopic (exact) mass is 507 g/mol. The molecular formula is C31H33N5O2. The fourth-order valence-corrected chi connectivity index (χ4v) is 4.74. The predicted molar refractivity (Wildman–Crippen MR) is 154 cm³/mol. The van der Waals surface area contributed by atoms with Crippen LogP contribution in [0.15, 0.2) is 100.0 Å². The summed E-state index contributed by atoms with van der Waals surface area (Å²) in [5.41, 5.74) is 4.88. The summed E-state index contributed by atoms with van der Waals surface area (Å²) >= 11 is 0. The summed E-state index contributed by atoms with van der Waals surface area (Å²) < 4.78 is 7.42. The maximum Gasteiger partial charge on any atom is 0.257 e. The summed E-state index contributed by atoms with van der Waals surface area (Å²) in [5, 5.41) is 9.51. The average Bonchev–Trinajstić information content (AvgIpc) is 2.93. The second-order valence-corrected chi connectivity index (χ2v) is 9.53. The molecule has 1 fully saturated rings. The lowest BCUT2D eigenvalue weighted by Crippen LogP contribution is -2.46. The first kappa shape index (κ1) is 25.4. The Morgan fingerprint density at radius 1 is 0.842 bits per heavy atom. The normalized spacial score (nSPS) is 14.2. The van der Waals surface area contributed by atoms with Crippen LogP contribution < -0.4 is 15.2 Å². The van der Waals surface area contributed by atoms with E-state index in [-0.39, 0.29) is 5.56 Å². The molecule has 4 aromatic rings. The second kappa shape index (κ2) is 11.4. The number of rotatable bonds is 7. The van der Waals surface area contributed by atoms with Crippen molar-refractivity contribution in [2.24, 2.45) is 10.2 Å². The molecule has 0 bridgehead atoms. The van der Waals surface area contributed by atoms with Crippen LogP contribution in [-0.4, -0.2) is 49.3 Å².